The molecule has 0 spiro atoms. The second kappa shape index (κ2) is 5.78. The zero-order chi connectivity index (χ0) is 13.1. The summed E-state index contributed by atoms with van der Waals surface area (Å²) in [7, 11) is 0. The van der Waals surface area contributed by atoms with E-state index in [-0.39, 0.29) is 5.28 Å². The van der Waals surface area contributed by atoms with Crippen LogP contribution >= 0.6 is 35.0 Å². The Morgan fingerprint density at radius 3 is 2.50 bits per heavy atom. The maximum Gasteiger partial charge on any atom is 0.223 e. The third-order valence-electron chi connectivity index (χ3n) is 2.36. The number of halogens is 2. The van der Waals surface area contributed by atoms with E-state index in [4.69, 9.17) is 28.9 Å². The minimum Gasteiger partial charge on any atom is -0.395 e. The zero-order valence-corrected chi connectivity index (χ0v) is 12.0. The normalized spacial score (nSPS) is 10.6. The molecule has 0 aliphatic rings. The van der Waals surface area contributed by atoms with E-state index in [2.05, 4.69) is 9.97 Å². The van der Waals surface area contributed by atoms with E-state index < -0.39 is 0 Å². The van der Waals surface area contributed by atoms with E-state index in [0.717, 1.165) is 16.3 Å². The summed E-state index contributed by atoms with van der Waals surface area (Å²) in [4.78, 5) is 8.13. The van der Waals surface area contributed by atoms with Crippen molar-refractivity contribution in [2.24, 2.45) is 0 Å². The summed E-state index contributed by atoms with van der Waals surface area (Å²) in [6.07, 6.45) is 0. The van der Waals surface area contributed by atoms with Crippen molar-refractivity contribution in [3.05, 3.63) is 45.8 Å². The Kier molecular flexibility index (Phi) is 4.32. The monoisotopic (exact) mass is 299 g/mol. The first-order chi connectivity index (χ1) is 8.56. The van der Waals surface area contributed by atoms with E-state index in [1.165, 1.54) is 11.8 Å². The SMILES string of the molecule is Cc1nc(Cl)nc(SCc2ccc(Cl)cc2)c1N. The van der Waals surface area contributed by atoms with Gasteiger partial charge in [-0.1, -0.05) is 35.5 Å². The van der Waals surface area contributed by atoms with Crippen molar-refractivity contribution in [3.63, 3.8) is 0 Å². The number of hydrogen-bond acceptors (Lipinski definition) is 4. The van der Waals surface area contributed by atoms with Crippen molar-refractivity contribution in [2.75, 3.05) is 5.73 Å². The number of thioether (sulfide) groups is 1. The molecule has 1 aromatic carbocycles. The van der Waals surface area contributed by atoms with E-state index in [1.54, 1.807) is 0 Å². The molecule has 0 saturated carbocycles. The van der Waals surface area contributed by atoms with Crippen LogP contribution in [-0.2, 0) is 5.75 Å². The minimum absolute atomic E-state index is 0.223. The summed E-state index contributed by atoms with van der Waals surface area (Å²) in [6, 6.07) is 7.67. The Morgan fingerprint density at radius 1 is 1.17 bits per heavy atom. The fraction of sp³-hybridized carbons (Fsp3) is 0.167. The molecule has 0 saturated heterocycles. The van der Waals surface area contributed by atoms with Gasteiger partial charge in [0.05, 0.1) is 11.4 Å². The van der Waals surface area contributed by atoms with Gasteiger partial charge in [-0.15, -0.1) is 0 Å². The molecule has 0 atom stereocenters. The highest BCUT2D eigenvalue weighted by molar-refractivity contribution is 7.98. The third-order valence-corrected chi connectivity index (χ3v) is 3.85. The van der Waals surface area contributed by atoms with Crippen LogP contribution in [0.1, 0.15) is 11.3 Å². The van der Waals surface area contributed by atoms with Gasteiger partial charge in [0.25, 0.3) is 0 Å². The van der Waals surface area contributed by atoms with Gasteiger partial charge in [-0.2, -0.15) is 0 Å². The van der Waals surface area contributed by atoms with E-state index in [1.807, 2.05) is 31.2 Å². The number of aryl methyl sites for hydroxylation is 1. The quantitative estimate of drug-likeness (QED) is 0.529. The summed E-state index contributed by atoms with van der Waals surface area (Å²) in [6.45, 7) is 1.81. The van der Waals surface area contributed by atoms with Crippen molar-refractivity contribution in [2.45, 2.75) is 17.7 Å². The maximum absolute atomic E-state index is 5.91. The average Bonchev–Trinajstić information content (AvgIpc) is 2.34. The predicted octanol–water partition coefficient (Wildman–Crippen LogP) is 3.97. The lowest BCUT2D eigenvalue weighted by molar-refractivity contribution is 1.02. The van der Waals surface area contributed by atoms with E-state index in [0.29, 0.717) is 16.4 Å². The number of aromatic nitrogens is 2. The molecule has 2 rings (SSSR count). The van der Waals surface area contributed by atoms with E-state index in [9.17, 15) is 0 Å². The Balaban J connectivity index is 2.13. The number of nitrogens with two attached hydrogens (primary N) is 1. The van der Waals surface area contributed by atoms with Crippen LogP contribution in [0.5, 0.6) is 0 Å². The van der Waals surface area contributed by atoms with Gasteiger partial charge in [0.15, 0.2) is 0 Å². The second-order valence-electron chi connectivity index (χ2n) is 3.71. The number of nitrogens with zero attached hydrogens (tertiary/aromatic N) is 2. The van der Waals surface area contributed by atoms with Crippen LogP contribution in [0.3, 0.4) is 0 Å². The molecular formula is C12H11Cl2N3S. The molecule has 0 amide bonds. The van der Waals surface area contributed by atoms with Gasteiger partial charge >= 0.3 is 0 Å². The molecule has 94 valence electrons. The van der Waals surface area contributed by atoms with Gasteiger partial charge < -0.3 is 5.73 Å². The van der Waals surface area contributed by atoms with Gasteiger partial charge in [0, 0.05) is 10.8 Å². The number of nitrogen functional groups attached to an aromatic ring is 1. The van der Waals surface area contributed by atoms with Crippen LogP contribution in [0, 0.1) is 6.92 Å². The molecule has 0 unspecified atom stereocenters. The van der Waals surface area contributed by atoms with Crippen molar-refractivity contribution in [3.8, 4) is 0 Å². The number of hydrogen-bond donors (Lipinski definition) is 1. The topological polar surface area (TPSA) is 51.8 Å². The van der Waals surface area contributed by atoms with Gasteiger partial charge in [-0.05, 0) is 36.2 Å². The van der Waals surface area contributed by atoms with Crippen LogP contribution in [-0.4, -0.2) is 9.97 Å². The molecule has 2 N–H and O–H groups in total. The minimum atomic E-state index is 0.223. The molecule has 2 aromatic rings. The largest absolute Gasteiger partial charge is 0.395 e. The first kappa shape index (κ1) is 13.5. The summed E-state index contributed by atoms with van der Waals surface area (Å²) in [5, 5.41) is 1.66. The van der Waals surface area contributed by atoms with Gasteiger partial charge in [-0.25, -0.2) is 9.97 Å². The van der Waals surface area contributed by atoms with Gasteiger partial charge in [0.1, 0.15) is 5.03 Å². The van der Waals surface area contributed by atoms with Crippen molar-refractivity contribution >= 4 is 40.7 Å². The molecule has 0 aliphatic carbocycles. The van der Waals surface area contributed by atoms with Gasteiger partial charge in [0.2, 0.25) is 5.28 Å². The second-order valence-corrected chi connectivity index (χ2v) is 5.45. The summed E-state index contributed by atoms with van der Waals surface area (Å²) in [5.74, 6) is 0.758. The lowest BCUT2D eigenvalue weighted by Crippen LogP contribution is -1.99. The highest BCUT2D eigenvalue weighted by Gasteiger charge is 2.08. The molecule has 1 aromatic heterocycles. The molecule has 1 heterocycles. The molecule has 0 radical (unpaired) electrons. The fourth-order valence-corrected chi connectivity index (χ4v) is 2.70. The molecule has 3 nitrogen and oxygen atoms in total. The van der Waals surface area contributed by atoms with E-state index >= 15 is 0 Å². The highest BCUT2D eigenvalue weighted by Crippen LogP contribution is 2.29. The predicted molar refractivity (Wildman–Crippen MR) is 77.2 cm³/mol. The molecule has 0 fully saturated rings. The molecule has 6 heteroatoms. The molecule has 0 aliphatic heterocycles. The standard InChI is InChI=1S/C12H11Cl2N3S/c1-7-10(15)11(17-12(14)16-7)18-6-8-2-4-9(13)5-3-8/h2-5H,6,15H2,1H3. The van der Waals surface area contributed by atoms with Crippen molar-refractivity contribution in [1.29, 1.82) is 0 Å². The van der Waals surface area contributed by atoms with Crippen molar-refractivity contribution in [1.82, 2.24) is 9.97 Å². The summed E-state index contributed by atoms with van der Waals surface area (Å²) < 4.78 is 0. The number of benzene rings is 1. The molecular weight excluding hydrogens is 289 g/mol. The summed E-state index contributed by atoms with van der Waals surface area (Å²) in [5.41, 5.74) is 8.35. The van der Waals surface area contributed by atoms with Crippen LogP contribution in [0.15, 0.2) is 29.3 Å². The van der Waals surface area contributed by atoms with Crippen LogP contribution in [0.2, 0.25) is 10.3 Å². The highest BCUT2D eigenvalue weighted by atomic mass is 35.5. The van der Waals surface area contributed by atoms with Crippen LogP contribution in [0.25, 0.3) is 0 Å². The average molecular weight is 300 g/mol. The smallest absolute Gasteiger partial charge is 0.223 e. The molecule has 0 bridgehead atoms. The molecule has 18 heavy (non-hydrogen) atoms. The van der Waals surface area contributed by atoms with Gasteiger partial charge in [-0.3, -0.25) is 0 Å². The fourth-order valence-electron chi connectivity index (χ4n) is 1.36. The van der Waals surface area contributed by atoms with Crippen LogP contribution in [0.4, 0.5) is 5.69 Å². The zero-order valence-electron chi connectivity index (χ0n) is 9.65. The van der Waals surface area contributed by atoms with Crippen LogP contribution < -0.4 is 5.73 Å². The lowest BCUT2D eigenvalue weighted by Gasteiger charge is -2.07. The Morgan fingerprint density at radius 2 is 1.83 bits per heavy atom. The lowest BCUT2D eigenvalue weighted by atomic mass is 10.2. The first-order valence-electron chi connectivity index (χ1n) is 5.23. The Bertz CT molecular complexity index is 558. The Hall–Kier alpha value is -0.970. The maximum atomic E-state index is 5.91. The Labute approximate surface area is 120 Å². The third kappa shape index (κ3) is 3.28. The summed E-state index contributed by atoms with van der Waals surface area (Å²) >= 11 is 13.2. The number of anilines is 1. The van der Waals surface area contributed by atoms with Crippen molar-refractivity contribution < 1.29 is 0 Å². The first-order valence-corrected chi connectivity index (χ1v) is 6.97. The number of rotatable bonds is 3.